The molecular formula is C29H29BrFN5O2. The molecule has 2 aromatic heterocycles. The third-order valence-corrected chi connectivity index (χ3v) is 7.44. The zero-order valence-electron chi connectivity index (χ0n) is 21.5. The Hall–Kier alpha value is -3.48. The minimum absolute atomic E-state index is 0.0615. The summed E-state index contributed by atoms with van der Waals surface area (Å²) >= 11 is 3.59. The lowest BCUT2D eigenvalue weighted by atomic mass is 9.93. The number of halogens is 2. The van der Waals surface area contributed by atoms with E-state index < -0.39 is 5.82 Å². The van der Waals surface area contributed by atoms with Crippen LogP contribution in [0, 0.1) is 17.1 Å². The van der Waals surface area contributed by atoms with Crippen molar-refractivity contribution in [3.8, 4) is 17.7 Å². The molecule has 1 fully saturated rings. The molecule has 0 amide bonds. The maximum atomic E-state index is 14.2. The molecule has 7 nitrogen and oxygen atoms in total. The number of fused-ring (bicyclic) bond motifs is 1. The topological polar surface area (TPSA) is 76.2 Å². The number of piperidine rings is 1. The molecule has 196 valence electrons. The molecule has 3 heterocycles. The number of ether oxygens (including phenoxy) is 2. The van der Waals surface area contributed by atoms with Gasteiger partial charge < -0.3 is 14.0 Å². The highest BCUT2D eigenvalue weighted by Crippen LogP contribution is 2.32. The summed E-state index contributed by atoms with van der Waals surface area (Å²) < 4.78 is 28.9. The molecule has 4 aromatic rings. The van der Waals surface area contributed by atoms with Gasteiger partial charge in [0, 0.05) is 34.8 Å². The summed E-state index contributed by atoms with van der Waals surface area (Å²) in [5.74, 6) is 2.18. The lowest BCUT2D eigenvalue weighted by Crippen LogP contribution is -2.33. The molecule has 2 aromatic carbocycles. The van der Waals surface area contributed by atoms with E-state index in [1.54, 1.807) is 18.2 Å². The predicted molar refractivity (Wildman–Crippen MR) is 147 cm³/mol. The normalized spacial score (nSPS) is 14.5. The number of benzene rings is 2. The Labute approximate surface area is 230 Å². The summed E-state index contributed by atoms with van der Waals surface area (Å²) in [4.78, 5) is 12.1. The van der Waals surface area contributed by atoms with E-state index in [9.17, 15) is 4.39 Å². The molecule has 0 spiro atoms. The van der Waals surface area contributed by atoms with Crippen LogP contribution in [-0.4, -0.2) is 39.1 Å². The zero-order chi connectivity index (χ0) is 26.6. The number of nitrogens with zero attached hydrogens (tertiary/aromatic N) is 5. The molecule has 0 radical (unpaired) electrons. The van der Waals surface area contributed by atoms with Crippen LogP contribution in [0.3, 0.4) is 0 Å². The van der Waals surface area contributed by atoms with Gasteiger partial charge in [-0.3, -0.25) is 4.90 Å². The Balaban J connectivity index is 1.21. The molecule has 1 aliphatic rings. The smallest absolute Gasteiger partial charge is 0.213 e. The monoisotopic (exact) mass is 577 g/mol. The summed E-state index contributed by atoms with van der Waals surface area (Å²) in [5.41, 5.74) is 3.62. The van der Waals surface area contributed by atoms with Crippen LogP contribution in [0.4, 0.5) is 4.39 Å². The van der Waals surface area contributed by atoms with Crippen molar-refractivity contribution in [2.75, 3.05) is 19.7 Å². The average molecular weight is 578 g/mol. The van der Waals surface area contributed by atoms with Gasteiger partial charge >= 0.3 is 0 Å². The van der Waals surface area contributed by atoms with Crippen molar-refractivity contribution in [3.63, 3.8) is 0 Å². The van der Waals surface area contributed by atoms with Gasteiger partial charge in [0.15, 0.2) is 0 Å². The standard InChI is InChI=1S/C29H29BrFN5O2/c1-3-37-26-15-22(30)14-25-29(26)34-27(35(25)2)17-36-11-9-20(10-12-36)24-5-4-6-28(33-24)38-18-21-8-7-19(16-32)13-23(21)31/h4-8,13-15,20H,3,9-12,17-18H2,1-2H3. The van der Waals surface area contributed by atoms with E-state index in [1.165, 1.54) is 6.07 Å². The van der Waals surface area contributed by atoms with Gasteiger partial charge in [-0.15, -0.1) is 0 Å². The highest BCUT2D eigenvalue weighted by Gasteiger charge is 2.24. The number of imidazole rings is 1. The first-order chi connectivity index (χ1) is 18.4. The largest absolute Gasteiger partial charge is 0.491 e. The first kappa shape index (κ1) is 26.1. The number of aromatic nitrogens is 3. The molecule has 9 heteroatoms. The Morgan fingerprint density at radius 2 is 1.92 bits per heavy atom. The molecule has 0 saturated carbocycles. The number of hydrogen-bond donors (Lipinski definition) is 0. The van der Waals surface area contributed by atoms with Crippen molar-refractivity contribution < 1.29 is 13.9 Å². The third kappa shape index (κ3) is 5.66. The van der Waals surface area contributed by atoms with Crippen LogP contribution in [0.2, 0.25) is 0 Å². The number of rotatable bonds is 8. The van der Waals surface area contributed by atoms with E-state index in [4.69, 9.17) is 24.7 Å². The molecule has 1 saturated heterocycles. The molecule has 0 N–H and O–H groups in total. The maximum absolute atomic E-state index is 14.2. The number of likely N-dealkylation sites (tertiary alicyclic amines) is 1. The number of nitriles is 1. The summed E-state index contributed by atoms with van der Waals surface area (Å²) in [6, 6.07) is 16.1. The van der Waals surface area contributed by atoms with Crippen molar-refractivity contribution in [1.29, 1.82) is 5.26 Å². The van der Waals surface area contributed by atoms with Crippen LogP contribution < -0.4 is 9.47 Å². The Morgan fingerprint density at radius 3 is 2.66 bits per heavy atom. The fraction of sp³-hybridized carbons (Fsp3) is 0.345. The number of hydrogen-bond acceptors (Lipinski definition) is 6. The lowest BCUT2D eigenvalue weighted by Gasteiger charge is -2.31. The SMILES string of the molecule is CCOc1cc(Br)cc2c1nc(CN1CCC(c3cccc(OCc4ccc(C#N)cc4F)n3)CC1)n2C. The van der Waals surface area contributed by atoms with Gasteiger partial charge in [-0.1, -0.05) is 28.1 Å². The molecule has 5 rings (SSSR count). The molecule has 38 heavy (non-hydrogen) atoms. The van der Waals surface area contributed by atoms with Crippen LogP contribution in [0.25, 0.3) is 11.0 Å². The summed E-state index contributed by atoms with van der Waals surface area (Å²) in [6.45, 7) is 5.29. The number of pyridine rings is 1. The van der Waals surface area contributed by atoms with Crippen molar-refractivity contribution in [3.05, 3.63) is 81.5 Å². The fourth-order valence-corrected chi connectivity index (χ4v) is 5.31. The molecular weight excluding hydrogens is 549 g/mol. The summed E-state index contributed by atoms with van der Waals surface area (Å²) in [6.07, 6.45) is 1.97. The summed E-state index contributed by atoms with van der Waals surface area (Å²) in [5, 5.41) is 8.91. The van der Waals surface area contributed by atoms with E-state index in [0.717, 1.165) is 65.2 Å². The van der Waals surface area contributed by atoms with Crippen molar-refractivity contribution in [1.82, 2.24) is 19.4 Å². The van der Waals surface area contributed by atoms with Crippen molar-refractivity contribution in [2.45, 2.75) is 38.8 Å². The Kier molecular flexibility index (Phi) is 7.91. The zero-order valence-corrected chi connectivity index (χ0v) is 23.0. The third-order valence-electron chi connectivity index (χ3n) is 6.98. The van der Waals surface area contributed by atoms with Crippen LogP contribution in [0.1, 0.15) is 48.3 Å². The van der Waals surface area contributed by atoms with E-state index in [2.05, 4.69) is 38.5 Å². The molecule has 0 aliphatic carbocycles. The second-order valence-electron chi connectivity index (χ2n) is 9.45. The second-order valence-corrected chi connectivity index (χ2v) is 10.4. The maximum Gasteiger partial charge on any atom is 0.213 e. The number of aryl methyl sites for hydroxylation is 1. The molecule has 0 unspecified atom stereocenters. The average Bonchev–Trinajstić information content (AvgIpc) is 3.23. The van der Waals surface area contributed by atoms with E-state index in [-0.39, 0.29) is 12.2 Å². The van der Waals surface area contributed by atoms with Gasteiger partial charge in [0.1, 0.15) is 29.5 Å². The highest BCUT2D eigenvalue weighted by molar-refractivity contribution is 9.10. The second kappa shape index (κ2) is 11.5. The van der Waals surface area contributed by atoms with E-state index >= 15 is 0 Å². The van der Waals surface area contributed by atoms with Crippen LogP contribution in [0.5, 0.6) is 11.6 Å². The van der Waals surface area contributed by atoms with E-state index in [0.29, 0.717) is 24.0 Å². The summed E-state index contributed by atoms with van der Waals surface area (Å²) in [7, 11) is 2.05. The molecule has 0 bridgehead atoms. The van der Waals surface area contributed by atoms with E-state index in [1.807, 2.05) is 31.2 Å². The van der Waals surface area contributed by atoms with Crippen LogP contribution >= 0.6 is 15.9 Å². The van der Waals surface area contributed by atoms with Crippen LogP contribution in [0.15, 0.2) is 53.0 Å². The van der Waals surface area contributed by atoms with Gasteiger partial charge in [0.25, 0.3) is 0 Å². The van der Waals surface area contributed by atoms with Gasteiger partial charge in [0.2, 0.25) is 5.88 Å². The fourth-order valence-electron chi connectivity index (χ4n) is 4.89. The first-order valence-corrected chi connectivity index (χ1v) is 13.5. The first-order valence-electron chi connectivity index (χ1n) is 12.7. The minimum Gasteiger partial charge on any atom is -0.491 e. The van der Waals surface area contributed by atoms with Gasteiger partial charge in [-0.05, 0) is 63.2 Å². The molecule has 1 aliphatic heterocycles. The quantitative estimate of drug-likeness (QED) is 0.252. The van der Waals surface area contributed by atoms with Gasteiger partial charge in [-0.2, -0.15) is 5.26 Å². The Bertz CT molecular complexity index is 1490. The van der Waals surface area contributed by atoms with Gasteiger partial charge in [0.05, 0.1) is 30.3 Å². The highest BCUT2D eigenvalue weighted by atomic mass is 79.9. The lowest BCUT2D eigenvalue weighted by molar-refractivity contribution is 0.197. The van der Waals surface area contributed by atoms with Crippen molar-refractivity contribution in [2.24, 2.45) is 7.05 Å². The predicted octanol–water partition coefficient (Wildman–Crippen LogP) is 6.10. The Morgan fingerprint density at radius 1 is 1.11 bits per heavy atom. The van der Waals surface area contributed by atoms with Crippen molar-refractivity contribution >= 4 is 27.0 Å². The van der Waals surface area contributed by atoms with Crippen LogP contribution in [-0.2, 0) is 20.2 Å². The van der Waals surface area contributed by atoms with Gasteiger partial charge in [-0.25, -0.2) is 14.4 Å². The minimum atomic E-state index is -0.449. The molecule has 0 atom stereocenters.